The van der Waals surface area contributed by atoms with E-state index in [2.05, 4.69) is 44.9 Å². The quantitative estimate of drug-likeness (QED) is 0.824. The zero-order valence-electron chi connectivity index (χ0n) is 14.4. The minimum Gasteiger partial charge on any atom is -0.352 e. The lowest BCUT2D eigenvalue weighted by Gasteiger charge is -2.33. The number of amides is 1. The molecular weight excluding hydrogens is 314 g/mol. The summed E-state index contributed by atoms with van der Waals surface area (Å²) in [7, 11) is 0. The topological polar surface area (TPSA) is 62.2 Å². The largest absolute Gasteiger partial charge is 0.352 e. The van der Waals surface area contributed by atoms with Crippen molar-refractivity contribution in [2.75, 3.05) is 19.6 Å². The summed E-state index contributed by atoms with van der Waals surface area (Å²) in [6.45, 7) is 4.22. The van der Waals surface area contributed by atoms with Crippen molar-refractivity contribution < 1.29 is 4.79 Å². The molecule has 0 spiro atoms. The number of piperazine rings is 1. The molecule has 0 bridgehead atoms. The van der Waals surface area contributed by atoms with E-state index >= 15 is 0 Å². The van der Waals surface area contributed by atoms with E-state index < -0.39 is 0 Å². The molecule has 1 amide bonds. The second-order valence-electron chi connectivity index (χ2n) is 7.00. The van der Waals surface area contributed by atoms with E-state index in [-0.39, 0.29) is 11.9 Å². The van der Waals surface area contributed by atoms with Crippen molar-refractivity contribution in [1.29, 1.82) is 0 Å². The van der Waals surface area contributed by atoms with E-state index in [0.717, 1.165) is 45.6 Å². The molecule has 2 heterocycles. The third kappa shape index (κ3) is 4.27. The van der Waals surface area contributed by atoms with Crippen LogP contribution >= 0.6 is 0 Å². The minimum absolute atomic E-state index is 0.104. The van der Waals surface area contributed by atoms with Gasteiger partial charge in [0.2, 0.25) is 5.91 Å². The Morgan fingerprint density at radius 1 is 1.20 bits per heavy atom. The highest BCUT2D eigenvalue weighted by molar-refractivity contribution is 5.82. The van der Waals surface area contributed by atoms with Crippen molar-refractivity contribution in [2.24, 2.45) is 0 Å². The maximum Gasteiger partial charge on any atom is 0.238 e. The lowest BCUT2D eigenvalue weighted by atomic mass is 10.1. The monoisotopic (exact) mass is 339 g/mol. The zero-order valence-corrected chi connectivity index (χ0v) is 14.4. The molecule has 6 heteroatoms. The van der Waals surface area contributed by atoms with Gasteiger partial charge in [-0.15, -0.1) is 0 Å². The van der Waals surface area contributed by atoms with E-state index in [1.54, 1.807) is 0 Å². The molecule has 6 nitrogen and oxygen atoms in total. The Morgan fingerprint density at radius 2 is 2.00 bits per heavy atom. The smallest absolute Gasteiger partial charge is 0.238 e. The second-order valence-corrected chi connectivity index (χ2v) is 7.00. The molecule has 1 aliphatic carbocycles. The Morgan fingerprint density at radius 3 is 2.72 bits per heavy atom. The average Bonchev–Trinajstić information content (AvgIpc) is 3.29. The number of nitrogens with zero attached hydrogens (tertiary/aromatic N) is 3. The summed E-state index contributed by atoms with van der Waals surface area (Å²) in [5.74, 6) is 0.150. The lowest BCUT2D eigenvalue weighted by molar-refractivity contribution is -0.124. The van der Waals surface area contributed by atoms with Crippen molar-refractivity contribution in [2.45, 2.75) is 38.0 Å². The van der Waals surface area contributed by atoms with Crippen molar-refractivity contribution in [3.05, 3.63) is 53.9 Å². The standard InChI is InChI=1S/C19H25N5O/c25-19(22-17-6-7-17)18-14-23(11-9-20-18)12-15-4-1-2-5-16(15)13-24-10-3-8-21-24/h1-5,8,10,17-18,20H,6-7,9,11-14H2,(H,22,25). The van der Waals surface area contributed by atoms with Gasteiger partial charge in [0.25, 0.3) is 0 Å². The van der Waals surface area contributed by atoms with E-state index in [1.807, 2.05) is 23.1 Å². The van der Waals surface area contributed by atoms with Crippen LogP contribution in [0.2, 0.25) is 0 Å². The van der Waals surface area contributed by atoms with Gasteiger partial charge in [-0.2, -0.15) is 5.10 Å². The predicted molar refractivity (Wildman–Crippen MR) is 96.0 cm³/mol. The predicted octanol–water partition coefficient (Wildman–Crippen LogP) is 0.984. The number of rotatable bonds is 6. The van der Waals surface area contributed by atoms with Gasteiger partial charge in [-0.3, -0.25) is 14.4 Å². The van der Waals surface area contributed by atoms with E-state index in [9.17, 15) is 4.79 Å². The average molecular weight is 339 g/mol. The summed E-state index contributed by atoms with van der Waals surface area (Å²) < 4.78 is 1.95. The molecular formula is C19H25N5O. The van der Waals surface area contributed by atoms with Crippen molar-refractivity contribution in [3.8, 4) is 0 Å². The van der Waals surface area contributed by atoms with Gasteiger partial charge in [0.15, 0.2) is 0 Å². The van der Waals surface area contributed by atoms with Gasteiger partial charge < -0.3 is 10.6 Å². The summed E-state index contributed by atoms with van der Waals surface area (Å²) in [5.41, 5.74) is 2.59. The van der Waals surface area contributed by atoms with Gasteiger partial charge >= 0.3 is 0 Å². The molecule has 0 radical (unpaired) electrons. The molecule has 2 N–H and O–H groups in total. The summed E-state index contributed by atoms with van der Waals surface area (Å²) in [6.07, 6.45) is 6.05. The van der Waals surface area contributed by atoms with Gasteiger partial charge in [0.1, 0.15) is 0 Å². The summed E-state index contributed by atoms with van der Waals surface area (Å²) >= 11 is 0. The van der Waals surface area contributed by atoms with Crippen LogP contribution in [0.4, 0.5) is 0 Å². The van der Waals surface area contributed by atoms with E-state index in [1.165, 1.54) is 11.1 Å². The molecule has 2 aromatic rings. The van der Waals surface area contributed by atoms with Gasteiger partial charge in [0.05, 0.1) is 12.6 Å². The number of nitrogens with one attached hydrogen (secondary N) is 2. The molecule has 1 saturated heterocycles. The van der Waals surface area contributed by atoms with Crippen LogP contribution in [0, 0.1) is 0 Å². The van der Waals surface area contributed by atoms with Gasteiger partial charge in [-0.25, -0.2) is 0 Å². The normalized spacial score (nSPS) is 21.2. The van der Waals surface area contributed by atoms with Crippen LogP contribution in [0.1, 0.15) is 24.0 Å². The SMILES string of the molecule is O=C(NC1CC1)C1CN(Cc2ccccc2Cn2cccn2)CCN1. The first-order valence-electron chi connectivity index (χ1n) is 9.08. The highest BCUT2D eigenvalue weighted by Crippen LogP contribution is 2.19. The van der Waals surface area contributed by atoms with Crippen molar-refractivity contribution in [3.63, 3.8) is 0 Å². The van der Waals surface area contributed by atoms with Crippen LogP contribution in [0.15, 0.2) is 42.7 Å². The Balaban J connectivity index is 1.40. The van der Waals surface area contributed by atoms with Gasteiger partial charge in [-0.1, -0.05) is 24.3 Å². The molecule has 1 saturated carbocycles. The van der Waals surface area contributed by atoms with E-state index in [0.29, 0.717) is 6.04 Å². The van der Waals surface area contributed by atoms with Crippen LogP contribution in [0.5, 0.6) is 0 Å². The number of hydrogen-bond acceptors (Lipinski definition) is 4. The first-order valence-corrected chi connectivity index (χ1v) is 9.08. The Bertz CT molecular complexity index is 710. The maximum atomic E-state index is 12.3. The van der Waals surface area contributed by atoms with Crippen molar-refractivity contribution >= 4 is 5.91 Å². The van der Waals surface area contributed by atoms with E-state index in [4.69, 9.17) is 0 Å². The summed E-state index contributed by atoms with van der Waals surface area (Å²) in [4.78, 5) is 14.7. The Hall–Kier alpha value is -2.18. The first-order chi connectivity index (χ1) is 12.3. The fourth-order valence-corrected chi connectivity index (χ4v) is 3.33. The van der Waals surface area contributed by atoms with Gasteiger partial charge in [-0.05, 0) is 30.0 Å². The van der Waals surface area contributed by atoms with Crippen LogP contribution < -0.4 is 10.6 Å². The molecule has 1 aromatic heterocycles. The number of carbonyl (C=O) groups is 1. The third-order valence-electron chi connectivity index (χ3n) is 4.90. The number of benzene rings is 1. The first kappa shape index (κ1) is 16.3. The fraction of sp³-hybridized carbons (Fsp3) is 0.474. The maximum absolute atomic E-state index is 12.3. The van der Waals surface area contributed by atoms with Crippen LogP contribution in [0.25, 0.3) is 0 Å². The molecule has 1 unspecified atom stereocenters. The third-order valence-corrected chi connectivity index (χ3v) is 4.90. The highest BCUT2D eigenvalue weighted by atomic mass is 16.2. The molecule has 25 heavy (non-hydrogen) atoms. The fourth-order valence-electron chi connectivity index (χ4n) is 3.33. The molecule has 1 aromatic carbocycles. The molecule has 2 aliphatic rings. The minimum atomic E-state index is -0.104. The molecule has 4 rings (SSSR count). The second kappa shape index (κ2) is 7.37. The Labute approximate surface area is 148 Å². The molecule has 1 atom stereocenters. The Kier molecular flexibility index (Phi) is 4.81. The number of aromatic nitrogens is 2. The highest BCUT2D eigenvalue weighted by Gasteiger charge is 2.30. The zero-order chi connectivity index (χ0) is 17.1. The van der Waals surface area contributed by atoms with Crippen LogP contribution in [-0.4, -0.2) is 52.3 Å². The number of carbonyl (C=O) groups excluding carboxylic acids is 1. The van der Waals surface area contributed by atoms with Crippen molar-refractivity contribution in [1.82, 2.24) is 25.3 Å². The van der Waals surface area contributed by atoms with Gasteiger partial charge in [0, 0.05) is 44.6 Å². The van der Waals surface area contributed by atoms with Crippen LogP contribution in [-0.2, 0) is 17.9 Å². The lowest BCUT2D eigenvalue weighted by Crippen LogP contribution is -2.57. The molecule has 2 fully saturated rings. The summed E-state index contributed by atoms with van der Waals surface area (Å²) in [6, 6.07) is 10.8. The number of hydrogen-bond donors (Lipinski definition) is 2. The molecule has 1 aliphatic heterocycles. The molecule has 132 valence electrons. The summed E-state index contributed by atoms with van der Waals surface area (Å²) in [5, 5.41) is 10.8. The van der Waals surface area contributed by atoms with Crippen LogP contribution in [0.3, 0.4) is 0 Å².